The third kappa shape index (κ3) is 7.88. The highest BCUT2D eigenvalue weighted by atomic mass is 16.5. The summed E-state index contributed by atoms with van der Waals surface area (Å²) < 4.78 is 15.8. The monoisotopic (exact) mass is 273 g/mol. The van der Waals surface area contributed by atoms with Crippen molar-refractivity contribution in [1.82, 2.24) is 5.32 Å². The van der Waals surface area contributed by atoms with Gasteiger partial charge in [-0.05, 0) is 31.1 Å². The van der Waals surface area contributed by atoms with Crippen molar-refractivity contribution in [2.45, 2.75) is 39.2 Å². The normalized spacial score (nSPS) is 27.6. The van der Waals surface area contributed by atoms with Crippen LogP contribution in [0.2, 0.25) is 0 Å². The summed E-state index contributed by atoms with van der Waals surface area (Å²) >= 11 is 0. The molecule has 1 N–H and O–H groups in total. The van der Waals surface area contributed by atoms with E-state index >= 15 is 0 Å². The maximum atomic E-state index is 5.53. The number of rotatable bonds is 10. The van der Waals surface area contributed by atoms with Gasteiger partial charge in [0.15, 0.2) is 0 Å². The molecule has 0 saturated heterocycles. The van der Waals surface area contributed by atoms with Gasteiger partial charge in [0.2, 0.25) is 0 Å². The SMILES string of the molecule is COCCOCCOCCNC1CCC(C)CC1C. The predicted octanol–water partition coefficient (Wildman–Crippen LogP) is 2.08. The van der Waals surface area contributed by atoms with Crippen molar-refractivity contribution < 1.29 is 14.2 Å². The maximum Gasteiger partial charge on any atom is 0.0701 e. The quantitative estimate of drug-likeness (QED) is 0.619. The first kappa shape index (κ1) is 16.9. The molecule has 0 aromatic heterocycles. The Morgan fingerprint density at radius 2 is 1.63 bits per heavy atom. The number of ether oxygens (including phenoxy) is 3. The first-order chi connectivity index (χ1) is 9.24. The van der Waals surface area contributed by atoms with E-state index < -0.39 is 0 Å². The van der Waals surface area contributed by atoms with E-state index in [2.05, 4.69) is 19.2 Å². The molecule has 0 heterocycles. The Hall–Kier alpha value is -0.160. The first-order valence-electron chi connectivity index (χ1n) is 7.61. The largest absolute Gasteiger partial charge is 0.382 e. The number of methoxy groups -OCH3 is 1. The maximum absolute atomic E-state index is 5.53. The zero-order valence-corrected chi connectivity index (χ0v) is 12.8. The Balaban J connectivity index is 1.88. The van der Waals surface area contributed by atoms with E-state index in [0.717, 1.165) is 25.0 Å². The zero-order valence-electron chi connectivity index (χ0n) is 12.8. The van der Waals surface area contributed by atoms with Gasteiger partial charge in [-0.2, -0.15) is 0 Å². The van der Waals surface area contributed by atoms with E-state index in [1.54, 1.807) is 7.11 Å². The van der Waals surface area contributed by atoms with E-state index in [9.17, 15) is 0 Å². The topological polar surface area (TPSA) is 39.7 Å². The van der Waals surface area contributed by atoms with Gasteiger partial charge >= 0.3 is 0 Å². The molecule has 0 aliphatic heterocycles. The Morgan fingerprint density at radius 3 is 2.32 bits per heavy atom. The van der Waals surface area contributed by atoms with Gasteiger partial charge in [-0.15, -0.1) is 0 Å². The van der Waals surface area contributed by atoms with Gasteiger partial charge in [-0.1, -0.05) is 13.8 Å². The van der Waals surface area contributed by atoms with Gasteiger partial charge in [-0.3, -0.25) is 0 Å². The summed E-state index contributed by atoms with van der Waals surface area (Å²) in [6, 6.07) is 0.678. The van der Waals surface area contributed by atoms with Crippen LogP contribution in [0.15, 0.2) is 0 Å². The van der Waals surface area contributed by atoms with Gasteiger partial charge < -0.3 is 19.5 Å². The van der Waals surface area contributed by atoms with Crippen LogP contribution in [0.5, 0.6) is 0 Å². The molecule has 3 unspecified atom stereocenters. The Labute approximate surface area is 118 Å². The van der Waals surface area contributed by atoms with Crippen molar-refractivity contribution >= 4 is 0 Å². The molecule has 0 aromatic carbocycles. The molecule has 1 rings (SSSR count). The second kappa shape index (κ2) is 10.6. The summed E-state index contributed by atoms with van der Waals surface area (Å²) in [5.41, 5.74) is 0. The van der Waals surface area contributed by atoms with Gasteiger partial charge in [0.1, 0.15) is 0 Å². The van der Waals surface area contributed by atoms with Crippen LogP contribution in [-0.2, 0) is 14.2 Å². The van der Waals surface area contributed by atoms with Gasteiger partial charge in [0.25, 0.3) is 0 Å². The van der Waals surface area contributed by atoms with E-state index in [4.69, 9.17) is 14.2 Å². The molecule has 1 aliphatic rings. The fourth-order valence-corrected chi connectivity index (χ4v) is 2.75. The highest BCUT2D eigenvalue weighted by molar-refractivity contribution is 4.80. The average molecular weight is 273 g/mol. The third-order valence-corrected chi connectivity index (χ3v) is 3.89. The lowest BCUT2D eigenvalue weighted by Crippen LogP contribution is -2.40. The molecular weight excluding hydrogens is 242 g/mol. The molecule has 0 radical (unpaired) electrons. The molecule has 4 heteroatoms. The number of hydrogen-bond donors (Lipinski definition) is 1. The molecule has 1 fully saturated rings. The highest BCUT2D eigenvalue weighted by Gasteiger charge is 2.24. The predicted molar refractivity (Wildman–Crippen MR) is 77.5 cm³/mol. The third-order valence-electron chi connectivity index (χ3n) is 3.89. The van der Waals surface area contributed by atoms with E-state index in [0.29, 0.717) is 32.5 Å². The van der Waals surface area contributed by atoms with Crippen molar-refractivity contribution in [2.75, 3.05) is 46.7 Å². The molecule has 4 nitrogen and oxygen atoms in total. The minimum Gasteiger partial charge on any atom is -0.382 e. The molecular formula is C15H31NO3. The van der Waals surface area contributed by atoms with E-state index in [1.165, 1.54) is 19.3 Å². The summed E-state index contributed by atoms with van der Waals surface area (Å²) in [4.78, 5) is 0. The van der Waals surface area contributed by atoms with Crippen molar-refractivity contribution in [3.63, 3.8) is 0 Å². The van der Waals surface area contributed by atoms with E-state index in [-0.39, 0.29) is 0 Å². The van der Waals surface area contributed by atoms with Crippen molar-refractivity contribution in [3.05, 3.63) is 0 Å². The van der Waals surface area contributed by atoms with Crippen LogP contribution in [0.1, 0.15) is 33.1 Å². The van der Waals surface area contributed by atoms with Crippen LogP contribution in [0.25, 0.3) is 0 Å². The molecule has 0 bridgehead atoms. The van der Waals surface area contributed by atoms with Crippen molar-refractivity contribution in [3.8, 4) is 0 Å². The zero-order chi connectivity index (χ0) is 13.9. The van der Waals surface area contributed by atoms with E-state index in [1.807, 2.05) is 0 Å². The van der Waals surface area contributed by atoms with Crippen LogP contribution < -0.4 is 5.32 Å². The fraction of sp³-hybridized carbons (Fsp3) is 1.00. The fourth-order valence-electron chi connectivity index (χ4n) is 2.75. The molecule has 0 aromatic rings. The summed E-state index contributed by atoms with van der Waals surface area (Å²) in [5.74, 6) is 1.69. The second-order valence-electron chi connectivity index (χ2n) is 5.67. The Morgan fingerprint density at radius 1 is 0.947 bits per heavy atom. The smallest absolute Gasteiger partial charge is 0.0701 e. The molecule has 3 atom stereocenters. The molecule has 0 spiro atoms. The highest BCUT2D eigenvalue weighted by Crippen LogP contribution is 2.28. The Bertz CT molecular complexity index is 214. The number of nitrogens with one attached hydrogen (secondary N) is 1. The molecule has 0 amide bonds. The minimum absolute atomic E-state index is 0.649. The second-order valence-corrected chi connectivity index (χ2v) is 5.67. The summed E-state index contributed by atoms with van der Waals surface area (Å²) in [6.45, 7) is 9.06. The number of hydrogen-bond acceptors (Lipinski definition) is 4. The minimum atomic E-state index is 0.649. The summed E-state index contributed by atoms with van der Waals surface area (Å²) in [7, 11) is 1.68. The van der Waals surface area contributed by atoms with Crippen molar-refractivity contribution in [1.29, 1.82) is 0 Å². The van der Waals surface area contributed by atoms with Crippen LogP contribution in [-0.4, -0.2) is 52.7 Å². The lowest BCUT2D eigenvalue weighted by atomic mass is 9.80. The lowest BCUT2D eigenvalue weighted by molar-refractivity contribution is 0.0246. The van der Waals surface area contributed by atoms with Gasteiger partial charge in [0.05, 0.1) is 33.0 Å². The molecule has 1 aliphatic carbocycles. The van der Waals surface area contributed by atoms with Gasteiger partial charge in [0, 0.05) is 19.7 Å². The molecule has 19 heavy (non-hydrogen) atoms. The first-order valence-corrected chi connectivity index (χ1v) is 7.61. The van der Waals surface area contributed by atoms with Crippen LogP contribution in [0.3, 0.4) is 0 Å². The molecule has 1 saturated carbocycles. The van der Waals surface area contributed by atoms with Gasteiger partial charge in [-0.25, -0.2) is 0 Å². The van der Waals surface area contributed by atoms with Crippen LogP contribution in [0, 0.1) is 11.8 Å². The standard InChI is InChI=1S/C15H31NO3/c1-13-4-5-15(14(2)12-13)16-6-7-18-10-11-19-9-8-17-3/h13-16H,4-12H2,1-3H3. The van der Waals surface area contributed by atoms with Crippen molar-refractivity contribution in [2.24, 2.45) is 11.8 Å². The summed E-state index contributed by atoms with van der Waals surface area (Å²) in [6.07, 6.45) is 4.02. The summed E-state index contributed by atoms with van der Waals surface area (Å²) in [5, 5.41) is 3.62. The Kier molecular flexibility index (Phi) is 9.43. The average Bonchev–Trinajstić information content (AvgIpc) is 2.39. The van der Waals surface area contributed by atoms with Crippen LogP contribution >= 0.6 is 0 Å². The molecule has 114 valence electrons. The lowest BCUT2D eigenvalue weighted by Gasteiger charge is -2.33. The van der Waals surface area contributed by atoms with Crippen LogP contribution in [0.4, 0.5) is 0 Å².